The third-order valence-corrected chi connectivity index (χ3v) is 3.52. The Bertz CT molecular complexity index is 715. The van der Waals surface area contributed by atoms with E-state index in [1.807, 2.05) is 0 Å². The van der Waals surface area contributed by atoms with E-state index >= 15 is 0 Å². The highest BCUT2D eigenvalue weighted by atomic mass is 35.5. The third kappa shape index (κ3) is 3.80. The summed E-state index contributed by atoms with van der Waals surface area (Å²) in [4.78, 5) is 7.73. The molecule has 5 N–H and O–H groups in total. The van der Waals surface area contributed by atoms with Crippen LogP contribution in [0.1, 0.15) is 5.56 Å². The average Bonchev–Trinajstić information content (AvgIpc) is 2.35. The lowest BCUT2D eigenvalue weighted by atomic mass is 10.2. The first-order valence-electron chi connectivity index (χ1n) is 5.50. The van der Waals surface area contributed by atoms with Crippen LogP contribution in [-0.2, 0) is 16.6 Å². The molecule has 1 aromatic carbocycles. The van der Waals surface area contributed by atoms with Crippen LogP contribution in [0.5, 0.6) is 0 Å². The monoisotopic (exact) mass is 313 g/mol. The fraction of sp³-hybridized carbons (Fsp3) is 0.0909. The van der Waals surface area contributed by atoms with Crippen LogP contribution in [0.2, 0.25) is 5.15 Å². The topological polar surface area (TPSA) is 124 Å². The van der Waals surface area contributed by atoms with Gasteiger partial charge in [0, 0.05) is 12.6 Å². The van der Waals surface area contributed by atoms with Gasteiger partial charge in [0.05, 0.1) is 4.90 Å². The van der Waals surface area contributed by atoms with Crippen LogP contribution in [0.4, 0.5) is 11.8 Å². The van der Waals surface area contributed by atoms with Crippen LogP contribution in [0, 0.1) is 0 Å². The van der Waals surface area contributed by atoms with Crippen molar-refractivity contribution in [2.24, 2.45) is 5.14 Å². The third-order valence-electron chi connectivity index (χ3n) is 2.41. The molecule has 0 saturated carbocycles. The maximum Gasteiger partial charge on any atom is 0.238 e. The molecule has 0 bridgehead atoms. The number of hydrogen-bond acceptors (Lipinski definition) is 6. The van der Waals surface area contributed by atoms with Crippen molar-refractivity contribution >= 4 is 33.4 Å². The molecule has 0 aliphatic carbocycles. The highest BCUT2D eigenvalue weighted by molar-refractivity contribution is 7.89. The zero-order valence-corrected chi connectivity index (χ0v) is 11.8. The van der Waals surface area contributed by atoms with Gasteiger partial charge in [-0.15, -0.1) is 0 Å². The number of halogens is 1. The van der Waals surface area contributed by atoms with Crippen LogP contribution in [0.15, 0.2) is 35.2 Å². The van der Waals surface area contributed by atoms with Gasteiger partial charge in [-0.3, -0.25) is 0 Å². The summed E-state index contributed by atoms with van der Waals surface area (Å²) in [6, 6.07) is 7.79. The van der Waals surface area contributed by atoms with E-state index in [1.54, 1.807) is 12.1 Å². The van der Waals surface area contributed by atoms with Gasteiger partial charge in [0.25, 0.3) is 0 Å². The minimum absolute atomic E-state index is 0.0528. The maximum absolute atomic E-state index is 11.3. The Morgan fingerprint density at radius 3 is 2.65 bits per heavy atom. The van der Waals surface area contributed by atoms with E-state index in [2.05, 4.69) is 15.3 Å². The minimum atomic E-state index is -3.72. The van der Waals surface area contributed by atoms with Gasteiger partial charge in [-0.2, -0.15) is 4.98 Å². The average molecular weight is 314 g/mol. The molecule has 0 fully saturated rings. The minimum Gasteiger partial charge on any atom is -0.368 e. The number of benzene rings is 1. The summed E-state index contributed by atoms with van der Waals surface area (Å²) in [5.41, 5.74) is 6.19. The number of hydrogen-bond donors (Lipinski definition) is 3. The first kappa shape index (κ1) is 14.5. The van der Waals surface area contributed by atoms with Gasteiger partial charge in [0.2, 0.25) is 16.0 Å². The van der Waals surface area contributed by atoms with Crippen LogP contribution in [-0.4, -0.2) is 18.4 Å². The predicted molar refractivity (Wildman–Crippen MR) is 76.6 cm³/mol. The van der Waals surface area contributed by atoms with Crippen molar-refractivity contribution in [1.82, 2.24) is 9.97 Å². The summed E-state index contributed by atoms with van der Waals surface area (Å²) in [6.45, 7) is 0.343. The van der Waals surface area contributed by atoms with Crippen molar-refractivity contribution in [1.29, 1.82) is 0 Å². The van der Waals surface area contributed by atoms with Gasteiger partial charge in [-0.1, -0.05) is 23.7 Å². The Labute approximate surface area is 121 Å². The number of primary sulfonamides is 1. The molecule has 1 aromatic heterocycles. The van der Waals surface area contributed by atoms with E-state index in [0.717, 1.165) is 5.56 Å². The fourth-order valence-electron chi connectivity index (χ4n) is 1.55. The fourth-order valence-corrected chi connectivity index (χ4v) is 2.32. The Balaban J connectivity index is 2.15. The van der Waals surface area contributed by atoms with Gasteiger partial charge in [-0.05, 0) is 17.7 Å². The normalized spacial score (nSPS) is 11.3. The zero-order chi connectivity index (χ0) is 14.8. The summed E-state index contributed by atoms with van der Waals surface area (Å²) in [5.74, 6) is 0.502. The highest BCUT2D eigenvalue weighted by Crippen LogP contribution is 2.15. The highest BCUT2D eigenvalue weighted by Gasteiger charge is 2.08. The summed E-state index contributed by atoms with van der Waals surface area (Å²) >= 11 is 5.75. The molecule has 2 rings (SSSR count). The molecular weight excluding hydrogens is 302 g/mol. The molecule has 106 valence electrons. The van der Waals surface area contributed by atoms with Crippen molar-refractivity contribution in [2.45, 2.75) is 11.4 Å². The Kier molecular flexibility index (Phi) is 4.07. The Morgan fingerprint density at radius 2 is 2.00 bits per heavy atom. The second-order valence-electron chi connectivity index (χ2n) is 3.98. The molecule has 7 nitrogen and oxygen atoms in total. The molecular formula is C11H12ClN5O2S. The van der Waals surface area contributed by atoms with Gasteiger partial charge in [0.1, 0.15) is 11.0 Å². The van der Waals surface area contributed by atoms with Crippen LogP contribution in [0.3, 0.4) is 0 Å². The predicted octanol–water partition coefficient (Wildman–Crippen LogP) is 0.972. The van der Waals surface area contributed by atoms with Crippen molar-refractivity contribution in [3.05, 3.63) is 41.0 Å². The SMILES string of the molecule is Nc1nc(Cl)cc(NCc2cccc(S(N)(=O)=O)c2)n1. The van der Waals surface area contributed by atoms with Crippen molar-refractivity contribution in [2.75, 3.05) is 11.1 Å². The van der Waals surface area contributed by atoms with Crippen molar-refractivity contribution in [3.63, 3.8) is 0 Å². The smallest absolute Gasteiger partial charge is 0.238 e. The van der Waals surface area contributed by atoms with Gasteiger partial charge >= 0.3 is 0 Å². The number of nitrogens with two attached hydrogens (primary N) is 2. The first-order valence-corrected chi connectivity index (χ1v) is 7.43. The molecule has 0 atom stereocenters. The first-order chi connectivity index (χ1) is 9.34. The molecule has 0 unspecified atom stereocenters. The summed E-state index contributed by atoms with van der Waals surface area (Å²) < 4.78 is 22.5. The van der Waals surface area contributed by atoms with Crippen LogP contribution >= 0.6 is 11.6 Å². The maximum atomic E-state index is 11.3. The summed E-state index contributed by atoms with van der Waals surface area (Å²) in [7, 11) is -3.72. The summed E-state index contributed by atoms with van der Waals surface area (Å²) in [6.07, 6.45) is 0. The van der Waals surface area contributed by atoms with E-state index in [-0.39, 0.29) is 16.0 Å². The largest absolute Gasteiger partial charge is 0.368 e. The number of sulfonamides is 1. The van der Waals surface area contributed by atoms with E-state index in [0.29, 0.717) is 12.4 Å². The number of rotatable bonds is 4. The quantitative estimate of drug-likeness (QED) is 0.722. The van der Waals surface area contributed by atoms with Gasteiger partial charge in [-0.25, -0.2) is 18.5 Å². The molecule has 0 amide bonds. The van der Waals surface area contributed by atoms with Gasteiger partial charge in [0.15, 0.2) is 0 Å². The number of nitrogens with zero attached hydrogens (tertiary/aromatic N) is 2. The van der Waals surface area contributed by atoms with E-state index in [9.17, 15) is 8.42 Å². The van der Waals surface area contributed by atoms with E-state index in [1.165, 1.54) is 18.2 Å². The molecule has 0 radical (unpaired) electrons. The molecule has 2 aromatic rings. The Morgan fingerprint density at radius 1 is 1.25 bits per heavy atom. The number of nitrogen functional groups attached to an aromatic ring is 1. The van der Waals surface area contributed by atoms with E-state index in [4.69, 9.17) is 22.5 Å². The second-order valence-corrected chi connectivity index (χ2v) is 5.93. The number of anilines is 2. The molecule has 1 heterocycles. The summed E-state index contributed by atoms with van der Waals surface area (Å²) in [5, 5.41) is 8.26. The van der Waals surface area contributed by atoms with Crippen molar-refractivity contribution in [3.8, 4) is 0 Å². The van der Waals surface area contributed by atoms with Gasteiger partial charge < -0.3 is 11.1 Å². The molecule has 0 aliphatic rings. The molecule has 20 heavy (non-hydrogen) atoms. The lowest BCUT2D eigenvalue weighted by Gasteiger charge is -2.07. The van der Waals surface area contributed by atoms with Crippen molar-refractivity contribution < 1.29 is 8.42 Å². The van der Waals surface area contributed by atoms with E-state index < -0.39 is 10.0 Å². The molecule has 0 saturated heterocycles. The molecule has 0 aliphatic heterocycles. The number of nitrogens with one attached hydrogen (secondary N) is 1. The van der Waals surface area contributed by atoms with Crippen LogP contribution in [0.25, 0.3) is 0 Å². The lowest BCUT2D eigenvalue weighted by molar-refractivity contribution is 0.597. The molecule has 0 spiro atoms. The zero-order valence-electron chi connectivity index (χ0n) is 10.2. The lowest BCUT2D eigenvalue weighted by Crippen LogP contribution is -2.12. The van der Waals surface area contributed by atoms with Crippen LogP contribution < -0.4 is 16.2 Å². The Hall–Kier alpha value is -1.90. The standard InChI is InChI=1S/C11H12ClN5O2S/c12-9-5-10(17-11(13)16-9)15-6-7-2-1-3-8(4-7)20(14,18)19/h1-5H,6H2,(H2,14,18,19)(H3,13,15,16,17). The second kappa shape index (κ2) is 5.61. The molecule has 9 heteroatoms. The number of aromatic nitrogens is 2.